The van der Waals surface area contributed by atoms with Gasteiger partial charge in [-0.25, -0.2) is 0 Å². The molecule has 1 aliphatic carbocycles. The Kier molecular flexibility index (Phi) is 11.7. The van der Waals surface area contributed by atoms with Gasteiger partial charge in [-0.15, -0.1) is 0 Å². The zero-order chi connectivity index (χ0) is 20.1. The van der Waals surface area contributed by atoms with Crippen LogP contribution >= 0.6 is 0 Å². The van der Waals surface area contributed by atoms with Crippen LogP contribution in [0.4, 0.5) is 0 Å². The van der Waals surface area contributed by atoms with Crippen LogP contribution in [-0.2, 0) is 4.79 Å². The molecule has 1 rings (SSSR count). The van der Waals surface area contributed by atoms with Gasteiger partial charge in [0.15, 0.2) is 0 Å². The first kappa shape index (κ1) is 23.3. The highest BCUT2D eigenvalue weighted by atomic mass is 16.4. The molecular formula is C22H34O5. The van der Waals surface area contributed by atoms with Gasteiger partial charge in [-0.1, -0.05) is 55.5 Å². The first-order valence-electron chi connectivity index (χ1n) is 9.85. The molecular weight excluding hydrogens is 344 g/mol. The third-order valence-electron chi connectivity index (χ3n) is 4.82. The average Bonchev–Trinajstić information content (AvgIpc) is 2.89. The molecule has 0 unspecified atom stereocenters. The lowest BCUT2D eigenvalue weighted by molar-refractivity contribution is -0.137. The molecule has 0 aromatic carbocycles. The normalized spacial score (nSPS) is 27.6. The predicted octanol–water partition coefficient (Wildman–Crippen LogP) is 3.38. The fourth-order valence-corrected chi connectivity index (χ4v) is 3.35. The number of carboxylic acid groups (broad SMARTS) is 1. The van der Waals surface area contributed by atoms with Crippen LogP contribution in [0, 0.1) is 11.8 Å². The van der Waals surface area contributed by atoms with Crippen molar-refractivity contribution < 1.29 is 25.2 Å². The highest BCUT2D eigenvalue weighted by Crippen LogP contribution is 2.36. The number of aliphatic hydroxyl groups excluding tert-OH is 3. The van der Waals surface area contributed by atoms with Crippen LogP contribution in [0.15, 0.2) is 48.6 Å². The molecule has 1 saturated carbocycles. The third kappa shape index (κ3) is 9.70. The van der Waals surface area contributed by atoms with Gasteiger partial charge in [-0.05, 0) is 38.0 Å². The van der Waals surface area contributed by atoms with E-state index in [1.165, 1.54) is 0 Å². The molecule has 5 heteroatoms. The summed E-state index contributed by atoms with van der Waals surface area (Å²) in [6.07, 6.45) is 17.5. The van der Waals surface area contributed by atoms with Gasteiger partial charge in [0.25, 0.3) is 0 Å². The minimum atomic E-state index is -0.910. The highest BCUT2D eigenvalue weighted by molar-refractivity contribution is 5.66. The Morgan fingerprint density at radius 3 is 2.30 bits per heavy atom. The van der Waals surface area contributed by atoms with E-state index in [0.29, 0.717) is 12.8 Å². The van der Waals surface area contributed by atoms with E-state index in [1.54, 1.807) is 12.2 Å². The number of rotatable bonds is 12. The van der Waals surface area contributed by atoms with E-state index in [-0.39, 0.29) is 24.7 Å². The molecule has 1 aliphatic rings. The van der Waals surface area contributed by atoms with Crippen molar-refractivity contribution in [2.45, 2.75) is 70.2 Å². The monoisotopic (exact) mass is 378 g/mol. The van der Waals surface area contributed by atoms with Gasteiger partial charge in [0, 0.05) is 18.8 Å². The topological polar surface area (TPSA) is 98.0 Å². The minimum absolute atomic E-state index is 0.0359. The molecule has 5 nitrogen and oxygen atoms in total. The molecule has 0 bridgehead atoms. The minimum Gasteiger partial charge on any atom is -0.481 e. The molecule has 1 fully saturated rings. The third-order valence-corrected chi connectivity index (χ3v) is 4.82. The molecule has 0 amide bonds. The van der Waals surface area contributed by atoms with Crippen LogP contribution in [0.2, 0.25) is 0 Å². The summed E-state index contributed by atoms with van der Waals surface area (Å²) in [6.45, 7) is 2.11. The summed E-state index contributed by atoms with van der Waals surface area (Å²) >= 11 is 0. The van der Waals surface area contributed by atoms with Crippen molar-refractivity contribution in [3.63, 3.8) is 0 Å². The first-order chi connectivity index (χ1) is 13.0. The van der Waals surface area contributed by atoms with Crippen LogP contribution in [0.1, 0.15) is 51.9 Å². The Morgan fingerprint density at radius 2 is 1.67 bits per heavy atom. The number of hydrogen-bond donors (Lipinski definition) is 4. The number of aliphatic carboxylic acids is 1. The molecule has 0 aromatic rings. The maximum absolute atomic E-state index is 10.8. The lowest BCUT2D eigenvalue weighted by atomic mass is 9.88. The molecule has 152 valence electrons. The molecule has 5 atom stereocenters. The fourth-order valence-electron chi connectivity index (χ4n) is 3.35. The molecule has 0 saturated heterocycles. The number of carbonyl (C=O) groups is 1. The van der Waals surface area contributed by atoms with Crippen molar-refractivity contribution in [2.75, 3.05) is 0 Å². The maximum Gasteiger partial charge on any atom is 0.303 e. The van der Waals surface area contributed by atoms with Crippen LogP contribution in [-0.4, -0.2) is 44.7 Å². The van der Waals surface area contributed by atoms with Gasteiger partial charge in [0.2, 0.25) is 0 Å². The van der Waals surface area contributed by atoms with Crippen LogP contribution in [0.25, 0.3) is 0 Å². The maximum atomic E-state index is 10.8. The summed E-state index contributed by atoms with van der Waals surface area (Å²) in [5.74, 6) is -1.52. The second kappa shape index (κ2) is 13.5. The molecule has 0 aliphatic heterocycles. The van der Waals surface area contributed by atoms with E-state index in [4.69, 9.17) is 5.11 Å². The summed E-state index contributed by atoms with van der Waals surface area (Å²) in [6, 6.07) is 0. The van der Waals surface area contributed by atoms with E-state index in [2.05, 4.69) is 31.2 Å². The molecule has 0 heterocycles. The van der Waals surface area contributed by atoms with E-state index in [1.807, 2.05) is 12.2 Å². The zero-order valence-electron chi connectivity index (χ0n) is 16.2. The van der Waals surface area contributed by atoms with Gasteiger partial charge in [-0.2, -0.15) is 0 Å². The summed E-state index contributed by atoms with van der Waals surface area (Å²) in [7, 11) is 0. The SMILES string of the molecule is CC/C=C\C/C=C/C/C=C\C[C@@H](O)/C=C/[C@@H]1[C@H](CCC(=O)O)[C@@H](O)C[C@H]1O. The van der Waals surface area contributed by atoms with Crippen molar-refractivity contribution in [1.29, 1.82) is 0 Å². The molecule has 0 aromatic heterocycles. The van der Waals surface area contributed by atoms with Crippen molar-refractivity contribution in [3.8, 4) is 0 Å². The standard InChI is InChI=1S/C22H34O5/c1-2-3-4-5-6-7-8-9-10-11-17(23)12-13-18-19(14-15-22(26)27)21(25)16-20(18)24/h3-4,6-7,9-10,12-13,17-21,23-25H,2,5,8,11,14-16H2,1H3,(H,26,27)/b4-3-,7-6+,10-9-,13-12+/t17-,18-,19+,20-,21+/m1/s1. The number of hydrogen-bond acceptors (Lipinski definition) is 4. The predicted molar refractivity (Wildman–Crippen MR) is 107 cm³/mol. The van der Waals surface area contributed by atoms with E-state index in [0.717, 1.165) is 19.3 Å². The lowest BCUT2D eigenvalue weighted by Crippen LogP contribution is -2.22. The second-order valence-electron chi connectivity index (χ2n) is 7.03. The van der Waals surface area contributed by atoms with Crippen LogP contribution in [0.5, 0.6) is 0 Å². The van der Waals surface area contributed by atoms with Crippen LogP contribution < -0.4 is 0 Å². The van der Waals surface area contributed by atoms with E-state index in [9.17, 15) is 20.1 Å². The van der Waals surface area contributed by atoms with Crippen LogP contribution in [0.3, 0.4) is 0 Å². The fraction of sp³-hybridized carbons (Fsp3) is 0.591. The molecule has 0 radical (unpaired) electrons. The van der Waals surface area contributed by atoms with E-state index >= 15 is 0 Å². The molecule has 4 N–H and O–H groups in total. The molecule has 0 spiro atoms. The average molecular weight is 379 g/mol. The summed E-state index contributed by atoms with van der Waals surface area (Å²) < 4.78 is 0. The summed E-state index contributed by atoms with van der Waals surface area (Å²) in [5.41, 5.74) is 0. The van der Waals surface area contributed by atoms with Crippen molar-refractivity contribution >= 4 is 5.97 Å². The summed E-state index contributed by atoms with van der Waals surface area (Å²) in [4.78, 5) is 10.8. The Bertz CT molecular complexity index is 535. The summed E-state index contributed by atoms with van der Waals surface area (Å²) in [5, 5.41) is 39.0. The lowest BCUT2D eigenvalue weighted by Gasteiger charge is -2.20. The highest BCUT2D eigenvalue weighted by Gasteiger charge is 2.40. The van der Waals surface area contributed by atoms with Gasteiger partial charge in [0.05, 0.1) is 18.3 Å². The number of allylic oxidation sites excluding steroid dienone is 5. The van der Waals surface area contributed by atoms with Crippen molar-refractivity contribution in [3.05, 3.63) is 48.6 Å². The number of aliphatic hydroxyl groups is 3. The largest absolute Gasteiger partial charge is 0.481 e. The Balaban J connectivity index is 2.39. The zero-order valence-corrected chi connectivity index (χ0v) is 16.2. The first-order valence-corrected chi connectivity index (χ1v) is 9.85. The number of carboxylic acids is 1. The second-order valence-corrected chi connectivity index (χ2v) is 7.03. The Morgan fingerprint density at radius 1 is 1.04 bits per heavy atom. The Hall–Kier alpha value is -1.69. The van der Waals surface area contributed by atoms with E-state index < -0.39 is 24.3 Å². The van der Waals surface area contributed by atoms with Crippen molar-refractivity contribution in [2.24, 2.45) is 11.8 Å². The van der Waals surface area contributed by atoms with Gasteiger partial charge >= 0.3 is 5.97 Å². The Labute approximate surface area is 162 Å². The van der Waals surface area contributed by atoms with Gasteiger partial charge in [-0.3, -0.25) is 4.79 Å². The smallest absolute Gasteiger partial charge is 0.303 e. The van der Waals surface area contributed by atoms with Gasteiger partial charge in [0.1, 0.15) is 0 Å². The quantitative estimate of drug-likeness (QED) is 0.390. The molecule has 27 heavy (non-hydrogen) atoms. The van der Waals surface area contributed by atoms with Gasteiger partial charge < -0.3 is 20.4 Å². The van der Waals surface area contributed by atoms with Crippen molar-refractivity contribution in [1.82, 2.24) is 0 Å².